The molecule has 0 aliphatic heterocycles. The minimum absolute atomic E-state index is 0.0209. The molecule has 132 valence electrons. The molecule has 2 aromatic rings. The van der Waals surface area contributed by atoms with Crippen LogP contribution in [0.5, 0.6) is 5.75 Å². The van der Waals surface area contributed by atoms with Gasteiger partial charge in [-0.2, -0.15) is 0 Å². The number of ether oxygens (including phenoxy) is 1. The third-order valence-electron chi connectivity index (χ3n) is 3.31. The summed E-state index contributed by atoms with van der Waals surface area (Å²) in [6.07, 6.45) is 0. The highest BCUT2D eigenvalue weighted by Gasteiger charge is 2.18. The van der Waals surface area contributed by atoms with Gasteiger partial charge in [0.2, 0.25) is 0 Å². The Morgan fingerprint density at radius 2 is 1.64 bits per heavy atom. The molecule has 0 unspecified atom stereocenters. The van der Waals surface area contributed by atoms with E-state index in [9.17, 15) is 22.8 Å². The molecule has 0 aliphatic rings. The van der Waals surface area contributed by atoms with E-state index >= 15 is 0 Å². The number of halogens is 3. The number of methoxy groups -OCH3 is 1. The van der Waals surface area contributed by atoms with Crippen LogP contribution >= 0.6 is 0 Å². The van der Waals surface area contributed by atoms with E-state index < -0.39 is 28.9 Å². The molecule has 2 amide bonds. The lowest BCUT2D eigenvalue weighted by molar-refractivity contribution is 0.0924. The van der Waals surface area contributed by atoms with E-state index in [0.717, 1.165) is 6.07 Å². The quantitative estimate of drug-likeness (QED) is 0.619. The Morgan fingerprint density at radius 3 is 2.32 bits per heavy atom. The largest absolute Gasteiger partial charge is 0.497 e. The van der Waals surface area contributed by atoms with Crippen LogP contribution in [0, 0.1) is 17.5 Å². The van der Waals surface area contributed by atoms with E-state index in [-0.39, 0.29) is 19.0 Å². The van der Waals surface area contributed by atoms with Crippen molar-refractivity contribution in [3.05, 3.63) is 65.0 Å². The van der Waals surface area contributed by atoms with Gasteiger partial charge >= 0.3 is 0 Å². The summed E-state index contributed by atoms with van der Waals surface area (Å²) < 4.78 is 44.4. The van der Waals surface area contributed by atoms with Crippen LogP contribution in [0.25, 0.3) is 0 Å². The molecule has 0 aromatic heterocycles. The van der Waals surface area contributed by atoms with Gasteiger partial charge in [0.05, 0.1) is 12.7 Å². The summed E-state index contributed by atoms with van der Waals surface area (Å²) in [4.78, 5) is 23.7. The number of amides is 2. The van der Waals surface area contributed by atoms with Crippen molar-refractivity contribution < 1.29 is 27.5 Å². The molecule has 0 heterocycles. The third kappa shape index (κ3) is 4.50. The summed E-state index contributed by atoms with van der Waals surface area (Å²) in [7, 11) is 1.48. The van der Waals surface area contributed by atoms with Crippen molar-refractivity contribution in [3.63, 3.8) is 0 Å². The fraction of sp³-hybridized carbons (Fsp3) is 0.176. The van der Waals surface area contributed by atoms with Crippen LogP contribution in [0.2, 0.25) is 0 Å². The van der Waals surface area contributed by atoms with Gasteiger partial charge in [-0.1, -0.05) is 6.07 Å². The van der Waals surface area contributed by atoms with E-state index in [1.165, 1.54) is 7.11 Å². The molecule has 0 radical (unpaired) electrons. The maximum atomic E-state index is 13.5. The minimum Gasteiger partial charge on any atom is -0.497 e. The molecule has 0 atom stereocenters. The maximum absolute atomic E-state index is 13.5. The molecule has 2 N–H and O–H groups in total. The van der Waals surface area contributed by atoms with Gasteiger partial charge < -0.3 is 15.4 Å². The van der Waals surface area contributed by atoms with Crippen LogP contribution in [-0.2, 0) is 0 Å². The monoisotopic (exact) mass is 352 g/mol. The van der Waals surface area contributed by atoms with Gasteiger partial charge in [-0.3, -0.25) is 9.59 Å². The Kier molecular flexibility index (Phi) is 5.99. The van der Waals surface area contributed by atoms with Crippen LogP contribution < -0.4 is 15.4 Å². The molecule has 0 saturated carbocycles. The first-order chi connectivity index (χ1) is 11.9. The van der Waals surface area contributed by atoms with Crippen LogP contribution in [0.1, 0.15) is 20.7 Å². The van der Waals surface area contributed by atoms with Crippen LogP contribution in [0.4, 0.5) is 13.2 Å². The molecule has 0 aliphatic carbocycles. The molecule has 0 bridgehead atoms. The van der Waals surface area contributed by atoms with Crippen molar-refractivity contribution in [2.75, 3.05) is 20.2 Å². The summed E-state index contributed by atoms with van der Waals surface area (Å²) in [5.41, 5.74) is -0.240. The van der Waals surface area contributed by atoms with Gasteiger partial charge in [0.1, 0.15) is 5.75 Å². The molecule has 2 rings (SSSR count). The Balaban J connectivity index is 1.85. The highest BCUT2D eigenvalue weighted by atomic mass is 19.2. The number of hydrogen-bond acceptors (Lipinski definition) is 3. The summed E-state index contributed by atoms with van der Waals surface area (Å²) in [5, 5.41) is 4.86. The molecular formula is C17H15F3N2O3. The van der Waals surface area contributed by atoms with Gasteiger partial charge in [-0.15, -0.1) is 0 Å². The summed E-state index contributed by atoms with van der Waals surface area (Å²) in [6.45, 7) is 0.0417. The smallest absolute Gasteiger partial charge is 0.254 e. The fourth-order valence-electron chi connectivity index (χ4n) is 2.01. The topological polar surface area (TPSA) is 67.4 Å². The zero-order valence-electron chi connectivity index (χ0n) is 13.2. The maximum Gasteiger partial charge on any atom is 0.254 e. The lowest BCUT2D eigenvalue weighted by Gasteiger charge is -2.09. The standard InChI is InChI=1S/C17H15F3N2O3/c1-25-11-4-2-3-10(9-11)16(23)21-7-8-22-17(24)12-5-6-13(18)15(20)14(12)19/h2-6,9H,7-8H2,1H3,(H,21,23)(H,22,24). The molecule has 2 aromatic carbocycles. The molecule has 5 nitrogen and oxygen atoms in total. The zero-order chi connectivity index (χ0) is 18.4. The number of carbonyl (C=O) groups excluding carboxylic acids is 2. The van der Waals surface area contributed by atoms with Crippen LogP contribution in [0.3, 0.4) is 0 Å². The summed E-state index contributed by atoms with van der Waals surface area (Å²) in [5.74, 6) is -5.41. The lowest BCUT2D eigenvalue weighted by atomic mass is 10.2. The number of benzene rings is 2. The molecule has 25 heavy (non-hydrogen) atoms. The van der Waals surface area contributed by atoms with Crippen molar-refractivity contribution in [3.8, 4) is 5.75 Å². The van der Waals surface area contributed by atoms with E-state index in [4.69, 9.17) is 4.74 Å². The minimum atomic E-state index is -1.71. The number of rotatable bonds is 6. The average Bonchev–Trinajstić information content (AvgIpc) is 2.63. The highest BCUT2D eigenvalue weighted by Crippen LogP contribution is 2.15. The van der Waals surface area contributed by atoms with Crippen LogP contribution in [0.15, 0.2) is 36.4 Å². The Hall–Kier alpha value is -3.03. The summed E-state index contributed by atoms with van der Waals surface area (Å²) >= 11 is 0. The average molecular weight is 352 g/mol. The van der Waals surface area contributed by atoms with Crippen molar-refractivity contribution in [1.82, 2.24) is 10.6 Å². The van der Waals surface area contributed by atoms with Crippen molar-refractivity contribution in [2.45, 2.75) is 0 Å². The second kappa shape index (κ2) is 8.18. The first-order valence-corrected chi connectivity index (χ1v) is 7.28. The molecule has 8 heteroatoms. The Bertz CT molecular complexity index is 797. The predicted molar refractivity (Wildman–Crippen MR) is 84.0 cm³/mol. The molecule has 0 saturated heterocycles. The van der Waals surface area contributed by atoms with Gasteiger partial charge in [-0.05, 0) is 30.3 Å². The highest BCUT2D eigenvalue weighted by molar-refractivity contribution is 5.95. The Labute approximate surface area is 141 Å². The number of nitrogens with one attached hydrogen (secondary N) is 2. The normalized spacial score (nSPS) is 10.2. The zero-order valence-corrected chi connectivity index (χ0v) is 13.2. The second-order valence-electron chi connectivity index (χ2n) is 4.97. The fourth-order valence-corrected chi connectivity index (χ4v) is 2.01. The SMILES string of the molecule is COc1cccc(C(=O)NCCNC(=O)c2ccc(F)c(F)c2F)c1. The van der Waals surface area contributed by atoms with E-state index in [0.29, 0.717) is 17.4 Å². The second-order valence-corrected chi connectivity index (χ2v) is 4.97. The Morgan fingerprint density at radius 1 is 0.960 bits per heavy atom. The third-order valence-corrected chi connectivity index (χ3v) is 3.31. The molecule has 0 fully saturated rings. The summed E-state index contributed by atoms with van der Waals surface area (Å²) in [6, 6.07) is 7.99. The molecular weight excluding hydrogens is 337 g/mol. The van der Waals surface area contributed by atoms with Crippen LogP contribution in [-0.4, -0.2) is 32.0 Å². The van der Waals surface area contributed by atoms with Gasteiger partial charge in [0, 0.05) is 18.7 Å². The van der Waals surface area contributed by atoms with Gasteiger partial charge in [0.15, 0.2) is 17.5 Å². The van der Waals surface area contributed by atoms with Crippen molar-refractivity contribution in [2.24, 2.45) is 0 Å². The lowest BCUT2D eigenvalue weighted by Crippen LogP contribution is -2.35. The number of hydrogen-bond donors (Lipinski definition) is 2. The van der Waals surface area contributed by atoms with Gasteiger partial charge in [0.25, 0.3) is 11.8 Å². The van der Waals surface area contributed by atoms with E-state index in [2.05, 4.69) is 10.6 Å². The molecule has 0 spiro atoms. The first kappa shape index (κ1) is 18.3. The van der Waals surface area contributed by atoms with Crippen molar-refractivity contribution >= 4 is 11.8 Å². The number of carbonyl (C=O) groups is 2. The first-order valence-electron chi connectivity index (χ1n) is 7.28. The van der Waals surface area contributed by atoms with E-state index in [1.54, 1.807) is 24.3 Å². The van der Waals surface area contributed by atoms with Crippen molar-refractivity contribution in [1.29, 1.82) is 0 Å². The predicted octanol–water partition coefficient (Wildman–Crippen LogP) is 2.27. The van der Waals surface area contributed by atoms with E-state index in [1.807, 2.05) is 0 Å². The van der Waals surface area contributed by atoms with Gasteiger partial charge in [-0.25, -0.2) is 13.2 Å².